The Kier molecular flexibility index (Phi) is 5.76. The second-order valence-corrected chi connectivity index (χ2v) is 5.13. The molecule has 19 heavy (non-hydrogen) atoms. The maximum atomic E-state index is 11.9. The third kappa shape index (κ3) is 4.87. The number of carbonyl (C=O) groups is 1. The summed E-state index contributed by atoms with van der Waals surface area (Å²) < 4.78 is 0. The molecule has 1 amide bonds. The molecule has 1 aromatic rings. The van der Waals surface area contributed by atoms with Gasteiger partial charge in [0.05, 0.1) is 0 Å². The largest absolute Gasteiger partial charge is 0.384 e. The van der Waals surface area contributed by atoms with Crippen molar-refractivity contribution < 1.29 is 4.79 Å². The highest BCUT2D eigenvalue weighted by Crippen LogP contribution is 2.04. The molecular formula is C14H24N4O. The monoisotopic (exact) mass is 264 g/mol. The molecule has 0 saturated carbocycles. The van der Waals surface area contributed by atoms with E-state index in [0.29, 0.717) is 30.1 Å². The molecule has 0 atom stereocenters. The van der Waals surface area contributed by atoms with Crippen molar-refractivity contribution in [3.63, 3.8) is 0 Å². The molecule has 0 aliphatic heterocycles. The fourth-order valence-electron chi connectivity index (χ4n) is 2.08. The van der Waals surface area contributed by atoms with E-state index < -0.39 is 0 Å². The van der Waals surface area contributed by atoms with Gasteiger partial charge >= 0.3 is 0 Å². The zero-order valence-corrected chi connectivity index (χ0v) is 12.2. The van der Waals surface area contributed by atoms with Crippen LogP contribution in [0.15, 0.2) is 18.2 Å². The van der Waals surface area contributed by atoms with Crippen LogP contribution < -0.4 is 11.1 Å². The number of nitrogen functional groups attached to an aromatic ring is 1. The van der Waals surface area contributed by atoms with Crippen molar-refractivity contribution in [1.82, 2.24) is 15.2 Å². The van der Waals surface area contributed by atoms with Gasteiger partial charge in [0.2, 0.25) is 0 Å². The first kappa shape index (κ1) is 15.4. The Bertz CT molecular complexity index is 410. The van der Waals surface area contributed by atoms with Gasteiger partial charge in [0.1, 0.15) is 11.5 Å². The molecule has 5 nitrogen and oxygen atoms in total. The topological polar surface area (TPSA) is 71.2 Å². The summed E-state index contributed by atoms with van der Waals surface area (Å²) in [4.78, 5) is 18.2. The Morgan fingerprint density at radius 2 is 1.95 bits per heavy atom. The summed E-state index contributed by atoms with van der Waals surface area (Å²) in [5.74, 6) is 0.179. The van der Waals surface area contributed by atoms with E-state index in [1.54, 1.807) is 18.2 Å². The standard InChI is InChI=1S/C14H24N4O/c1-10(2)18(11(3)4)9-8-16-14(19)12-6-5-7-13(15)17-12/h5-7,10-11H,8-9H2,1-4H3,(H2,15,17)(H,16,19). The summed E-state index contributed by atoms with van der Waals surface area (Å²) in [6, 6.07) is 5.97. The van der Waals surface area contributed by atoms with E-state index in [4.69, 9.17) is 5.73 Å². The van der Waals surface area contributed by atoms with Gasteiger partial charge in [-0.15, -0.1) is 0 Å². The summed E-state index contributed by atoms with van der Waals surface area (Å²) in [7, 11) is 0. The molecule has 0 bridgehead atoms. The van der Waals surface area contributed by atoms with Gasteiger partial charge in [-0.25, -0.2) is 4.98 Å². The first-order valence-corrected chi connectivity index (χ1v) is 6.68. The molecule has 1 rings (SSSR count). The van der Waals surface area contributed by atoms with Crippen LogP contribution in [0.1, 0.15) is 38.2 Å². The number of hydrogen-bond acceptors (Lipinski definition) is 4. The molecule has 0 saturated heterocycles. The number of nitrogens with zero attached hydrogens (tertiary/aromatic N) is 2. The summed E-state index contributed by atoms with van der Waals surface area (Å²) >= 11 is 0. The van der Waals surface area contributed by atoms with Gasteiger partial charge in [-0.05, 0) is 39.8 Å². The molecule has 0 radical (unpaired) electrons. The number of aromatic nitrogens is 1. The van der Waals surface area contributed by atoms with Crippen LogP contribution in [0.25, 0.3) is 0 Å². The van der Waals surface area contributed by atoms with Crippen LogP contribution >= 0.6 is 0 Å². The van der Waals surface area contributed by atoms with Crippen molar-refractivity contribution in [2.45, 2.75) is 39.8 Å². The van der Waals surface area contributed by atoms with Crippen LogP contribution in [0.2, 0.25) is 0 Å². The Labute approximate surface area is 115 Å². The summed E-state index contributed by atoms with van der Waals surface area (Å²) in [5, 5.41) is 2.87. The van der Waals surface area contributed by atoms with Crippen molar-refractivity contribution in [2.75, 3.05) is 18.8 Å². The number of pyridine rings is 1. The molecule has 0 fully saturated rings. The lowest BCUT2D eigenvalue weighted by Crippen LogP contribution is -2.42. The van der Waals surface area contributed by atoms with Crippen molar-refractivity contribution in [1.29, 1.82) is 0 Å². The minimum Gasteiger partial charge on any atom is -0.384 e. The number of hydrogen-bond donors (Lipinski definition) is 2. The molecule has 3 N–H and O–H groups in total. The molecule has 0 aliphatic rings. The highest BCUT2D eigenvalue weighted by atomic mass is 16.1. The average Bonchev–Trinajstić information content (AvgIpc) is 2.33. The number of carbonyl (C=O) groups excluding carboxylic acids is 1. The Balaban J connectivity index is 2.47. The molecule has 0 spiro atoms. The molecule has 1 aromatic heterocycles. The summed E-state index contributed by atoms with van der Waals surface area (Å²) in [6.45, 7) is 10.0. The quantitative estimate of drug-likeness (QED) is 0.817. The normalized spacial score (nSPS) is 11.3. The maximum absolute atomic E-state index is 11.9. The van der Waals surface area contributed by atoms with Gasteiger partial charge in [0.15, 0.2) is 0 Å². The number of amides is 1. The lowest BCUT2D eigenvalue weighted by molar-refractivity contribution is 0.0934. The Morgan fingerprint density at radius 1 is 1.32 bits per heavy atom. The molecule has 0 unspecified atom stereocenters. The fraction of sp³-hybridized carbons (Fsp3) is 0.571. The molecule has 106 valence electrons. The Hall–Kier alpha value is -1.62. The van der Waals surface area contributed by atoms with Crippen molar-refractivity contribution in [3.05, 3.63) is 23.9 Å². The van der Waals surface area contributed by atoms with E-state index in [9.17, 15) is 4.79 Å². The van der Waals surface area contributed by atoms with Crippen LogP contribution in [0.4, 0.5) is 5.82 Å². The van der Waals surface area contributed by atoms with E-state index >= 15 is 0 Å². The second kappa shape index (κ2) is 7.09. The van der Waals surface area contributed by atoms with E-state index in [2.05, 4.69) is 42.9 Å². The van der Waals surface area contributed by atoms with Crippen molar-refractivity contribution in [2.24, 2.45) is 0 Å². The lowest BCUT2D eigenvalue weighted by Gasteiger charge is -2.30. The summed E-state index contributed by atoms with van der Waals surface area (Å²) in [6.07, 6.45) is 0. The van der Waals surface area contributed by atoms with E-state index in [0.717, 1.165) is 6.54 Å². The first-order valence-electron chi connectivity index (χ1n) is 6.68. The highest BCUT2D eigenvalue weighted by molar-refractivity contribution is 5.92. The Morgan fingerprint density at radius 3 is 2.47 bits per heavy atom. The zero-order valence-electron chi connectivity index (χ0n) is 12.2. The van der Waals surface area contributed by atoms with Gasteiger partial charge < -0.3 is 11.1 Å². The van der Waals surface area contributed by atoms with Crippen LogP contribution in [-0.4, -0.2) is 41.0 Å². The number of nitrogens with two attached hydrogens (primary N) is 1. The third-order valence-electron chi connectivity index (χ3n) is 2.99. The van der Waals surface area contributed by atoms with Crippen molar-refractivity contribution >= 4 is 11.7 Å². The number of anilines is 1. The molecular weight excluding hydrogens is 240 g/mol. The lowest BCUT2D eigenvalue weighted by atomic mass is 10.2. The van der Waals surface area contributed by atoms with Crippen LogP contribution in [0.3, 0.4) is 0 Å². The fourth-order valence-corrected chi connectivity index (χ4v) is 2.08. The second-order valence-electron chi connectivity index (χ2n) is 5.13. The average molecular weight is 264 g/mol. The van der Waals surface area contributed by atoms with Gasteiger partial charge in [0, 0.05) is 25.2 Å². The first-order chi connectivity index (χ1) is 8.91. The predicted molar refractivity (Wildman–Crippen MR) is 78.0 cm³/mol. The molecule has 1 heterocycles. The van der Waals surface area contributed by atoms with Crippen molar-refractivity contribution in [3.8, 4) is 0 Å². The minimum atomic E-state index is -0.181. The minimum absolute atomic E-state index is 0.181. The van der Waals surface area contributed by atoms with Crippen LogP contribution in [0, 0.1) is 0 Å². The van der Waals surface area contributed by atoms with Gasteiger partial charge in [0.25, 0.3) is 5.91 Å². The zero-order chi connectivity index (χ0) is 14.4. The molecule has 5 heteroatoms. The third-order valence-corrected chi connectivity index (χ3v) is 2.99. The summed E-state index contributed by atoms with van der Waals surface area (Å²) in [5.41, 5.74) is 5.92. The predicted octanol–water partition coefficient (Wildman–Crippen LogP) is 1.51. The smallest absolute Gasteiger partial charge is 0.270 e. The van der Waals surface area contributed by atoms with Gasteiger partial charge in [-0.3, -0.25) is 9.69 Å². The van der Waals surface area contributed by atoms with Crippen LogP contribution in [-0.2, 0) is 0 Å². The van der Waals surface area contributed by atoms with Gasteiger partial charge in [-0.1, -0.05) is 6.07 Å². The number of rotatable bonds is 6. The molecule has 0 aromatic carbocycles. The molecule has 0 aliphatic carbocycles. The van der Waals surface area contributed by atoms with Gasteiger partial charge in [-0.2, -0.15) is 0 Å². The van der Waals surface area contributed by atoms with E-state index in [1.165, 1.54) is 0 Å². The SMILES string of the molecule is CC(C)N(CCNC(=O)c1cccc(N)n1)C(C)C. The van der Waals surface area contributed by atoms with E-state index in [1.807, 2.05) is 0 Å². The number of nitrogens with one attached hydrogen (secondary N) is 1. The van der Waals surface area contributed by atoms with E-state index in [-0.39, 0.29) is 5.91 Å². The maximum Gasteiger partial charge on any atom is 0.270 e. The highest BCUT2D eigenvalue weighted by Gasteiger charge is 2.13. The van der Waals surface area contributed by atoms with Crippen LogP contribution in [0.5, 0.6) is 0 Å².